The van der Waals surface area contributed by atoms with Gasteiger partial charge in [0.15, 0.2) is 0 Å². The Morgan fingerprint density at radius 2 is 2.05 bits per heavy atom. The van der Waals surface area contributed by atoms with Crippen molar-refractivity contribution in [3.63, 3.8) is 0 Å². The van der Waals surface area contributed by atoms with E-state index in [9.17, 15) is 15.2 Å². The van der Waals surface area contributed by atoms with Gasteiger partial charge in [0, 0.05) is 20.0 Å². The quantitative estimate of drug-likeness (QED) is 0.649. The highest BCUT2D eigenvalue weighted by Gasteiger charge is 2.35. The fraction of sp³-hybridized carbons (Fsp3) is 0.750. The van der Waals surface area contributed by atoms with E-state index >= 15 is 0 Å². The molecule has 0 unspecified atom stereocenters. The van der Waals surface area contributed by atoms with Gasteiger partial charge in [0.05, 0.1) is 17.1 Å². The molecule has 1 heterocycles. The first-order valence-electron chi connectivity index (χ1n) is 6.19. The van der Waals surface area contributed by atoms with Crippen molar-refractivity contribution < 1.29 is 10.0 Å². The molecule has 1 N–H and O–H groups in total. The van der Waals surface area contributed by atoms with Crippen molar-refractivity contribution in [2.45, 2.75) is 39.2 Å². The molecule has 0 radical (unpaired) electrons. The maximum atomic E-state index is 11.3. The average Bonchev–Trinajstić information content (AvgIpc) is 2.65. The van der Waals surface area contributed by atoms with Crippen molar-refractivity contribution in [2.24, 2.45) is 7.05 Å². The van der Waals surface area contributed by atoms with Crippen LogP contribution in [0.4, 0.5) is 11.5 Å². The molecule has 0 atom stereocenters. The molecule has 0 amide bonds. The molecule has 0 spiro atoms. The van der Waals surface area contributed by atoms with Gasteiger partial charge in [0.25, 0.3) is 0 Å². The van der Waals surface area contributed by atoms with Gasteiger partial charge in [-0.2, -0.15) is 5.10 Å². The average molecular weight is 270 g/mol. The minimum absolute atomic E-state index is 0.0153. The van der Waals surface area contributed by atoms with Crippen molar-refractivity contribution >= 4 is 11.5 Å². The zero-order chi connectivity index (χ0) is 15.0. The number of aryl methyl sites for hydroxylation is 1. The maximum absolute atomic E-state index is 11.3. The number of nitro groups is 1. The number of hydrogen-bond acceptors (Lipinski definition) is 5. The van der Waals surface area contributed by atoms with E-state index in [0.29, 0.717) is 11.5 Å². The number of anilines is 1. The molecule has 1 aromatic rings. The molecular weight excluding hydrogens is 248 g/mol. The molecule has 0 aliphatic rings. The second kappa shape index (κ2) is 5.16. The molecule has 0 aliphatic heterocycles. The van der Waals surface area contributed by atoms with E-state index in [0.717, 1.165) is 0 Å². The van der Waals surface area contributed by atoms with Crippen LogP contribution >= 0.6 is 0 Å². The molecule has 0 aliphatic carbocycles. The molecule has 0 saturated carbocycles. The van der Waals surface area contributed by atoms with Gasteiger partial charge < -0.3 is 10.0 Å². The lowest BCUT2D eigenvalue weighted by molar-refractivity contribution is -0.385. The lowest BCUT2D eigenvalue weighted by Crippen LogP contribution is -2.45. The number of aliphatic hydroxyl groups excluding tert-OH is 1. The number of aliphatic hydroxyl groups is 1. The summed E-state index contributed by atoms with van der Waals surface area (Å²) in [4.78, 5) is 12.6. The Kier molecular flexibility index (Phi) is 4.19. The molecule has 1 rings (SSSR count). The normalized spacial score (nSPS) is 12.0. The summed E-state index contributed by atoms with van der Waals surface area (Å²) >= 11 is 0. The summed E-state index contributed by atoms with van der Waals surface area (Å²) in [6.45, 7) is 7.27. The van der Waals surface area contributed by atoms with Gasteiger partial charge in [-0.05, 0) is 13.8 Å². The Bertz CT molecular complexity index is 480. The van der Waals surface area contributed by atoms with E-state index in [1.165, 1.54) is 4.68 Å². The van der Waals surface area contributed by atoms with Crippen molar-refractivity contribution in [1.82, 2.24) is 9.78 Å². The van der Waals surface area contributed by atoms with Gasteiger partial charge in [-0.15, -0.1) is 0 Å². The standard InChI is InChI=1S/C12H22N4O3/c1-8(2)9-10(16(18)19)11(15(6)13-9)14(5)12(3,4)7-17/h8,17H,7H2,1-6H3. The minimum Gasteiger partial charge on any atom is -0.394 e. The summed E-state index contributed by atoms with van der Waals surface area (Å²) in [7, 11) is 3.41. The molecule has 7 nitrogen and oxygen atoms in total. The Labute approximate surface area is 113 Å². The van der Waals surface area contributed by atoms with Crippen LogP contribution in [-0.4, -0.2) is 39.0 Å². The molecular formula is C12H22N4O3. The Balaban J connectivity index is 3.47. The second-order valence-corrected chi connectivity index (χ2v) is 5.62. The third kappa shape index (κ3) is 2.70. The van der Waals surface area contributed by atoms with Gasteiger partial charge in [-0.3, -0.25) is 10.1 Å². The van der Waals surface area contributed by atoms with Crippen LogP contribution in [0.5, 0.6) is 0 Å². The summed E-state index contributed by atoms with van der Waals surface area (Å²) < 4.78 is 1.50. The first-order valence-corrected chi connectivity index (χ1v) is 6.19. The molecule has 0 aromatic carbocycles. The smallest absolute Gasteiger partial charge is 0.334 e. The molecule has 7 heteroatoms. The predicted molar refractivity (Wildman–Crippen MR) is 73.5 cm³/mol. The number of nitrogens with zero attached hydrogens (tertiary/aromatic N) is 4. The molecule has 0 fully saturated rings. The minimum atomic E-state index is -0.604. The van der Waals surface area contributed by atoms with Crippen LogP contribution in [-0.2, 0) is 7.05 Å². The highest BCUT2D eigenvalue weighted by molar-refractivity contribution is 5.63. The largest absolute Gasteiger partial charge is 0.394 e. The SMILES string of the molecule is CC(C)c1nn(C)c(N(C)C(C)(C)CO)c1[N+](=O)[O-]. The van der Waals surface area contributed by atoms with Crippen LogP contribution in [0.15, 0.2) is 0 Å². The topological polar surface area (TPSA) is 84.4 Å². The van der Waals surface area contributed by atoms with Gasteiger partial charge in [-0.1, -0.05) is 13.8 Å². The number of aromatic nitrogens is 2. The third-order valence-corrected chi connectivity index (χ3v) is 3.36. The monoisotopic (exact) mass is 270 g/mol. The van der Waals surface area contributed by atoms with Crippen molar-refractivity contribution in [3.8, 4) is 0 Å². The Morgan fingerprint density at radius 1 is 1.53 bits per heavy atom. The van der Waals surface area contributed by atoms with Gasteiger partial charge in [-0.25, -0.2) is 4.68 Å². The van der Waals surface area contributed by atoms with Crippen LogP contribution in [0.25, 0.3) is 0 Å². The van der Waals surface area contributed by atoms with E-state index in [1.807, 2.05) is 27.7 Å². The summed E-state index contributed by atoms with van der Waals surface area (Å²) in [6, 6.07) is 0. The molecule has 108 valence electrons. The third-order valence-electron chi connectivity index (χ3n) is 3.36. The number of likely N-dealkylation sites (N-methyl/N-ethyl adjacent to an activating group) is 1. The molecule has 0 saturated heterocycles. The van der Waals surface area contributed by atoms with Gasteiger partial charge in [0.1, 0.15) is 5.69 Å². The van der Waals surface area contributed by atoms with Crippen molar-refractivity contribution in [2.75, 3.05) is 18.6 Å². The van der Waals surface area contributed by atoms with E-state index in [2.05, 4.69) is 5.10 Å². The second-order valence-electron chi connectivity index (χ2n) is 5.62. The Hall–Kier alpha value is -1.63. The van der Waals surface area contributed by atoms with Crippen LogP contribution in [0.3, 0.4) is 0 Å². The van der Waals surface area contributed by atoms with Gasteiger partial charge >= 0.3 is 5.69 Å². The van der Waals surface area contributed by atoms with Gasteiger partial charge in [0.2, 0.25) is 5.82 Å². The lowest BCUT2D eigenvalue weighted by Gasteiger charge is -2.34. The van der Waals surface area contributed by atoms with E-state index in [-0.39, 0.29) is 18.2 Å². The van der Waals surface area contributed by atoms with E-state index in [1.54, 1.807) is 19.0 Å². The summed E-state index contributed by atoms with van der Waals surface area (Å²) in [5.41, 5.74) is -0.128. The summed E-state index contributed by atoms with van der Waals surface area (Å²) in [6.07, 6.45) is 0. The highest BCUT2D eigenvalue weighted by atomic mass is 16.6. The lowest BCUT2D eigenvalue weighted by atomic mass is 10.0. The molecule has 0 bridgehead atoms. The summed E-state index contributed by atoms with van der Waals surface area (Å²) in [5, 5.41) is 25.0. The number of hydrogen-bond donors (Lipinski definition) is 1. The fourth-order valence-corrected chi connectivity index (χ4v) is 1.86. The molecule has 19 heavy (non-hydrogen) atoms. The van der Waals surface area contributed by atoms with Crippen LogP contribution in [0, 0.1) is 10.1 Å². The summed E-state index contributed by atoms with van der Waals surface area (Å²) in [5.74, 6) is 0.374. The van der Waals surface area contributed by atoms with E-state index in [4.69, 9.17) is 0 Å². The van der Waals surface area contributed by atoms with E-state index < -0.39 is 10.5 Å². The van der Waals surface area contributed by atoms with Crippen LogP contribution < -0.4 is 4.90 Å². The van der Waals surface area contributed by atoms with Crippen LogP contribution in [0.2, 0.25) is 0 Å². The highest BCUT2D eigenvalue weighted by Crippen LogP contribution is 2.37. The first-order chi connectivity index (χ1) is 8.63. The number of rotatable bonds is 5. The fourth-order valence-electron chi connectivity index (χ4n) is 1.86. The van der Waals surface area contributed by atoms with Crippen LogP contribution in [0.1, 0.15) is 39.3 Å². The predicted octanol–water partition coefficient (Wildman–Crippen LogP) is 1.66. The Morgan fingerprint density at radius 3 is 2.42 bits per heavy atom. The molecule has 1 aromatic heterocycles. The van der Waals surface area contributed by atoms with Crippen molar-refractivity contribution in [1.29, 1.82) is 0 Å². The first kappa shape index (κ1) is 15.4. The zero-order valence-corrected chi connectivity index (χ0v) is 12.3. The zero-order valence-electron chi connectivity index (χ0n) is 12.3. The maximum Gasteiger partial charge on any atom is 0.334 e. The van der Waals surface area contributed by atoms with Crippen molar-refractivity contribution in [3.05, 3.63) is 15.8 Å².